The number of ether oxygens (including phenoxy) is 1. The Morgan fingerprint density at radius 2 is 1.87 bits per heavy atom. The van der Waals surface area contributed by atoms with Gasteiger partial charge in [-0.15, -0.1) is 0 Å². The Morgan fingerprint density at radius 3 is 2.61 bits per heavy atom. The molecule has 0 heterocycles. The molecule has 6 heteroatoms. The van der Waals surface area contributed by atoms with Crippen molar-refractivity contribution in [3.63, 3.8) is 0 Å². The van der Waals surface area contributed by atoms with E-state index in [1.807, 2.05) is 30.3 Å². The molecule has 0 aliphatic heterocycles. The molecule has 0 aliphatic rings. The maximum absolute atomic E-state index is 10.2. The van der Waals surface area contributed by atoms with Crippen LogP contribution >= 0.6 is 0 Å². The van der Waals surface area contributed by atoms with E-state index in [1.54, 1.807) is 24.3 Å². The zero-order valence-electron chi connectivity index (χ0n) is 12.6. The van der Waals surface area contributed by atoms with Crippen molar-refractivity contribution in [3.05, 3.63) is 76.2 Å². The molecule has 0 spiro atoms. The molecule has 2 aromatic rings. The second kappa shape index (κ2) is 8.80. The van der Waals surface area contributed by atoms with E-state index in [4.69, 9.17) is 10.3 Å². The average Bonchev–Trinajstić information content (AvgIpc) is 2.60. The molecule has 0 aromatic heterocycles. The molecule has 0 saturated heterocycles. The first kappa shape index (κ1) is 16.8. The minimum Gasteiger partial charge on any atom is -0.489 e. The number of rotatable bonds is 8. The van der Waals surface area contributed by atoms with Gasteiger partial charge >= 0.3 is 0 Å². The summed E-state index contributed by atoms with van der Waals surface area (Å²) in [5.41, 5.74) is 9.83. The second-order valence-corrected chi connectivity index (χ2v) is 5.10. The van der Waals surface area contributed by atoms with Crippen molar-refractivity contribution in [2.75, 3.05) is 6.54 Å². The van der Waals surface area contributed by atoms with Crippen LogP contribution in [-0.4, -0.2) is 22.9 Å². The van der Waals surface area contributed by atoms with Crippen molar-refractivity contribution < 1.29 is 14.9 Å². The van der Waals surface area contributed by atoms with Crippen molar-refractivity contribution in [2.24, 2.45) is 5.11 Å². The standard InChI is InChI=1S/C17H19N3O3/c18-20-19-10-9-16(21)17(22)14-7-4-8-15(11-14)23-12-13-5-2-1-3-6-13/h1-8,11,16-17,21-22H,9-10,12H2. The molecule has 6 nitrogen and oxygen atoms in total. The Labute approximate surface area is 134 Å². The Bertz CT molecular complexity index is 657. The Hall–Kier alpha value is -2.53. The first-order valence-electron chi connectivity index (χ1n) is 7.34. The Kier molecular flexibility index (Phi) is 6.44. The molecule has 0 aliphatic carbocycles. The molecule has 23 heavy (non-hydrogen) atoms. The zero-order chi connectivity index (χ0) is 16.5. The molecule has 2 rings (SSSR count). The van der Waals surface area contributed by atoms with Gasteiger partial charge in [-0.3, -0.25) is 0 Å². The predicted octanol–water partition coefficient (Wildman–Crippen LogP) is 3.36. The number of hydrogen-bond donors (Lipinski definition) is 2. The number of aliphatic hydroxyl groups excluding tert-OH is 2. The van der Waals surface area contributed by atoms with E-state index in [0.717, 1.165) is 5.56 Å². The van der Waals surface area contributed by atoms with E-state index in [9.17, 15) is 10.2 Å². The van der Waals surface area contributed by atoms with E-state index in [2.05, 4.69) is 10.0 Å². The van der Waals surface area contributed by atoms with Gasteiger partial charge in [0.05, 0.1) is 6.10 Å². The molecule has 0 saturated carbocycles. The minimum absolute atomic E-state index is 0.138. The van der Waals surface area contributed by atoms with Crippen molar-refractivity contribution in [3.8, 4) is 5.75 Å². The van der Waals surface area contributed by atoms with Crippen LogP contribution in [0.3, 0.4) is 0 Å². The zero-order valence-corrected chi connectivity index (χ0v) is 12.6. The summed E-state index contributed by atoms with van der Waals surface area (Å²) in [6.07, 6.45) is -1.85. The largest absolute Gasteiger partial charge is 0.489 e. The Morgan fingerprint density at radius 1 is 1.09 bits per heavy atom. The predicted molar refractivity (Wildman–Crippen MR) is 86.8 cm³/mol. The summed E-state index contributed by atoms with van der Waals surface area (Å²) in [7, 11) is 0. The van der Waals surface area contributed by atoms with Gasteiger partial charge in [-0.1, -0.05) is 47.6 Å². The van der Waals surface area contributed by atoms with Crippen LogP contribution in [0.15, 0.2) is 59.7 Å². The summed E-state index contributed by atoms with van der Waals surface area (Å²) in [6, 6.07) is 16.7. The van der Waals surface area contributed by atoms with Crippen LogP contribution in [0.25, 0.3) is 10.4 Å². The van der Waals surface area contributed by atoms with Gasteiger partial charge in [0.2, 0.25) is 0 Å². The number of hydrogen-bond acceptors (Lipinski definition) is 4. The molecular weight excluding hydrogens is 294 g/mol. The number of nitrogens with zero attached hydrogens (tertiary/aromatic N) is 3. The van der Waals surface area contributed by atoms with Crippen LogP contribution in [0.5, 0.6) is 5.75 Å². The summed E-state index contributed by atoms with van der Waals surface area (Å²) in [6.45, 7) is 0.568. The topological polar surface area (TPSA) is 98.5 Å². The van der Waals surface area contributed by atoms with Crippen LogP contribution < -0.4 is 4.74 Å². The van der Waals surface area contributed by atoms with Gasteiger partial charge < -0.3 is 14.9 Å². The van der Waals surface area contributed by atoms with Crippen molar-refractivity contribution in [1.29, 1.82) is 0 Å². The lowest BCUT2D eigenvalue weighted by atomic mass is 10.0. The molecule has 0 fully saturated rings. The maximum Gasteiger partial charge on any atom is 0.120 e. The van der Waals surface area contributed by atoms with Crippen LogP contribution in [0.1, 0.15) is 23.7 Å². The van der Waals surface area contributed by atoms with E-state index < -0.39 is 12.2 Å². The number of aliphatic hydroxyl groups is 2. The highest BCUT2D eigenvalue weighted by Crippen LogP contribution is 2.23. The quantitative estimate of drug-likeness (QED) is 0.444. The van der Waals surface area contributed by atoms with Crippen LogP contribution in [0.2, 0.25) is 0 Å². The Balaban J connectivity index is 1.96. The van der Waals surface area contributed by atoms with Gasteiger partial charge in [0.1, 0.15) is 18.5 Å². The van der Waals surface area contributed by atoms with E-state index in [1.165, 1.54) is 0 Å². The lowest BCUT2D eigenvalue weighted by Crippen LogP contribution is -2.19. The van der Waals surface area contributed by atoms with Crippen LogP contribution in [0, 0.1) is 0 Å². The van der Waals surface area contributed by atoms with Crippen molar-refractivity contribution in [1.82, 2.24) is 0 Å². The van der Waals surface area contributed by atoms with E-state index in [-0.39, 0.29) is 13.0 Å². The fraction of sp³-hybridized carbons (Fsp3) is 0.294. The van der Waals surface area contributed by atoms with Gasteiger partial charge in [-0.2, -0.15) is 0 Å². The third kappa shape index (κ3) is 5.30. The third-order valence-electron chi connectivity index (χ3n) is 3.40. The fourth-order valence-electron chi connectivity index (χ4n) is 2.14. The second-order valence-electron chi connectivity index (χ2n) is 5.10. The molecule has 0 radical (unpaired) electrons. The van der Waals surface area contributed by atoms with Gasteiger partial charge in [0, 0.05) is 11.5 Å². The first-order valence-corrected chi connectivity index (χ1v) is 7.34. The van der Waals surface area contributed by atoms with Crippen molar-refractivity contribution >= 4 is 0 Å². The summed E-state index contributed by atoms with van der Waals surface area (Å²) < 4.78 is 5.70. The van der Waals surface area contributed by atoms with Gasteiger partial charge in [0.25, 0.3) is 0 Å². The van der Waals surface area contributed by atoms with Crippen molar-refractivity contribution in [2.45, 2.75) is 25.2 Å². The average molecular weight is 313 g/mol. The fourth-order valence-corrected chi connectivity index (χ4v) is 2.14. The summed E-state index contributed by atoms with van der Waals surface area (Å²) in [5.74, 6) is 0.618. The highest BCUT2D eigenvalue weighted by atomic mass is 16.5. The molecule has 2 atom stereocenters. The summed E-state index contributed by atoms with van der Waals surface area (Å²) in [4.78, 5) is 2.62. The highest BCUT2D eigenvalue weighted by Gasteiger charge is 2.18. The van der Waals surface area contributed by atoms with Gasteiger partial charge in [-0.25, -0.2) is 0 Å². The SMILES string of the molecule is [N-]=[N+]=NCCC(O)C(O)c1cccc(OCc2ccccc2)c1. The molecule has 2 aromatic carbocycles. The lowest BCUT2D eigenvalue weighted by Gasteiger charge is -2.18. The smallest absolute Gasteiger partial charge is 0.120 e. The number of azide groups is 1. The molecule has 120 valence electrons. The monoisotopic (exact) mass is 313 g/mol. The molecule has 0 amide bonds. The molecular formula is C17H19N3O3. The summed E-state index contributed by atoms with van der Waals surface area (Å²) in [5, 5.41) is 23.4. The van der Waals surface area contributed by atoms with E-state index in [0.29, 0.717) is 17.9 Å². The number of benzene rings is 2. The van der Waals surface area contributed by atoms with Gasteiger partial charge in [-0.05, 0) is 35.2 Å². The lowest BCUT2D eigenvalue weighted by molar-refractivity contribution is 0.0149. The van der Waals surface area contributed by atoms with Crippen LogP contribution in [-0.2, 0) is 6.61 Å². The molecule has 2 unspecified atom stereocenters. The molecule has 2 N–H and O–H groups in total. The van der Waals surface area contributed by atoms with Gasteiger partial charge in [0.15, 0.2) is 0 Å². The maximum atomic E-state index is 10.2. The summed E-state index contributed by atoms with van der Waals surface area (Å²) >= 11 is 0. The first-order chi connectivity index (χ1) is 11.2. The highest BCUT2D eigenvalue weighted by molar-refractivity contribution is 5.30. The van der Waals surface area contributed by atoms with E-state index >= 15 is 0 Å². The minimum atomic E-state index is -1.05. The third-order valence-corrected chi connectivity index (χ3v) is 3.40. The normalized spacial score (nSPS) is 13.0. The van der Waals surface area contributed by atoms with Crippen LogP contribution in [0.4, 0.5) is 0 Å². The molecule has 0 bridgehead atoms.